The molecular weight excluding hydrogens is 501 g/mol. The van der Waals surface area contributed by atoms with Gasteiger partial charge in [-0.05, 0) is 80.5 Å². The van der Waals surface area contributed by atoms with Crippen LogP contribution in [0.1, 0.15) is 36.9 Å². The molecule has 4 rings (SSSR count). The fraction of sp³-hybridized carbons (Fsp3) is 0.407. The molecule has 4 N–H and O–H groups in total. The van der Waals surface area contributed by atoms with Gasteiger partial charge in [0.2, 0.25) is 0 Å². The topological polar surface area (TPSA) is 89.2 Å². The van der Waals surface area contributed by atoms with Crippen molar-refractivity contribution in [2.45, 2.75) is 62.3 Å². The summed E-state index contributed by atoms with van der Waals surface area (Å²) in [5.74, 6) is 5.81. The van der Waals surface area contributed by atoms with Gasteiger partial charge < -0.3 is 20.9 Å². The summed E-state index contributed by atoms with van der Waals surface area (Å²) in [5, 5.41) is 7.31. The van der Waals surface area contributed by atoms with Crippen LogP contribution in [0.5, 0.6) is 0 Å². The molecule has 0 unspecified atom stereocenters. The molecule has 6 nitrogen and oxygen atoms in total. The second-order valence-electron chi connectivity index (χ2n) is 9.63. The second-order valence-corrected chi connectivity index (χ2v) is 11.6. The van der Waals surface area contributed by atoms with Gasteiger partial charge in [0, 0.05) is 35.1 Å². The van der Waals surface area contributed by atoms with Gasteiger partial charge in [0.25, 0.3) is 0 Å². The van der Waals surface area contributed by atoms with E-state index in [-0.39, 0.29) is 29.2 Å². The Labute approximate surface area is 215 Å². The lowest BCUT2D eigenvalue weighted by Crippen LogP contribution is -2.32. The number of hydrogen-bond donors (Lipinski definition) is 3. The van der Waals surface area contributed by atoms with Gasteiger partial charge in [0.15, 0.2) is 9.84 Å². The van der Waals surface area contributed by atoms with Crippen LogP contribution < -0.4 is 16.4 Å². The number of fused-ring (bicyclic) bond motifs is 1. The van der Waals surface area contributed by atoms with Crippen LogP contribution in [0.25, 0.3) is 10.9 Å². The van der Waals surface area contributed by atoms with Crippen LogP contribution in [0.2, 0.25) is 0 Å². The number of alkyl halides is 3. The van der Waals surface area contributed by atoms with Crippen molar-refractivity contribution in [1.29, 1.82) is 0 Å². The average molecular weight is 533 g/mol. The number of aryl methyl sites for hydroxylation is 1. The number of aromatic nitrogens is 1. The van der Waals surface area contributed by atoms with Crippen molar-refractivity contribution in [3.8, 4) is 11.8 Å². The number of rotatable bonds is 6. The highest BCUT2D eigenvalue weighted by atomic mass is 32.2. The monoisotopic (exact) mass is 532 g/mol. The summed E-state index contributed by atoms with van der Waals surface area (Å²) in [6, 6.07) is 12.2. The summed E-state index contributed by atoms with van der Waals surface area (Å²) in [7, 11) is -3.31. The molecule has 2 aromatic carbocycles. The van der Waals surface area contributed by atoms with Crippen LogP contribution in [0.4, 0.5) is 24.5 Å². The Hall–Kier alpha value is -3.16. The van der Waals surface area contributed by atoms with Gasteiger partial charge in [-0.15, -0.1) is 0 Å². The Morgan fingerprint density at radius 2 is 1.81 bits per heavy atom. The first kappa shape index (κ1) is 26.9. The van der Waals surface area contributed by atoms with Crippen molar-refractivity contribution in [2.24, 2.45) is 5.73 Å². The summed E-state index contributed by atoms with van der Waals surface area (Å²) >= 11 is 0. The van der Waals surface area contributed by atoms with Crippen LogP contribution in [0.3, 0.4) is 0 Å². The van der Waals surface area contributed by atoms with Gasteiger partial charge in [-0.2, -0.15) is 13.2 Å². The maximum Gasteiger partial charge on any atom is 0.406 e. The maximum absolute atomic E-state index is 13.5. The van der Waals surface area contributed by atoms with Crippen molar-refractivity contribution in [3.05, 3.63) is 53.7 Å². The molecular formula is C27H31F3N4O2S. The summed E-state index contributed by atoms with van der Waals surface area (Å²) in [5.41, 5.74) is 8.99. The quantitative estimate of drug-likeness (QED) is 0.386. The Bertz CT molecular complexity index is 1440. The fourth-order valence-electron chi connectivity index (χ4n) is 4.69. The van der Waals surface area contributed by atoms with E-state index >= 15 is 0 Å². The van der Waals surface area contributed by atoms with Crippen molar-refractivity contribution in [3.63, 3.8) is 0 Å². The standard InChI is InChI=1S/C27H31F3N4O2S/c1-18-15-22(37(2,35)36)12-13-24(18)32-14-4-5-21-16-23-25(33-20-10-8-19(31)9-11-20)6-3-7-26(23)34(21)17-27(28,29)30/h3,6-7,12-13,15-16,19-20,32-33H,8-11,14,17,31H2,1-2H3. The first-order chi connectivity index (χ1) is 17.4. The first-order valence-corrected chi connectivity index (χ1v) is 14.0. The molecule has 3 aromatic rings. The summed E-state index contributed by atoms with van der Waals surface area (Å²) in [6.07, 6.45) is 0.424. The van der Waals surface area contributed by atoms with Crippen molar-refractivity contribution >= 4 is 32.1 Å². The van der Waals surface area contributed by atoms with E-state index in [1.807, 2.05) is 6.07 Å². The van der Waals surface area contributed by atoms with E-state index in [1.54, 1.807) is 37.3 Å². The zero-order valence-corrected chi connectivity index (χ0v) is 21.6. The molecule has 0 saturated heterocycles. The molecule has 0 bridgehead atoms. The van der Waals surface area contributed by atoms with E-state index in [0.29, 0.717) is 16.6 Å². The van der Waals surface area contributed by atoms with E-state index in [2.05, 4.69) is 22.5 Å². The lowest BCUT2D eigenvalue weighted by Gasteiger charge is -2.28. The molecule has 0 amide bonds. The van der Waals surface area contributed by atoms with Crippen LogP contribution in [-0.4, -0.2) is 44.0 Å². The zero-order valence-electron chi connectivity index (χ0n) is 20.8. The van der Waals surface area contributed by atoms with E-state index in [9.17, 15) is 21.6 Å². The Kier molecular flexibility index (Phi) is 7.76. The number of nitrogens with one attached hydrogen (secondary N) is 2. The van der Waals surface area contributed by atoms with Crippen molar-refractivity contribution in [2.75, 3.05) is 23.4 Å². The van der Waals surface area contributed by atoms with Gasteiger partial charge in [-0.1, -0.05) is 12.0 Å². The Morgan fingerprint density at radius 1 is 1.08 bits per heavy atom. The molecule has 1 aliphatic carbocycles. The number of nitrogens with zero attached hydrogens (tertiary/aromatic N) is 1. The number of nitrogens with two attached hydrogens (primary N) is 1. The average Bonchev–Trinajstić information content (AvgIpc) is 3.15. The molecule has 0 spiro atoms. The number of halogens is 3. The van der Waals surface area contributed by atoms with Crippen LogP contribution in [-0.2, 0) is 16.4 Å². The number of benzene rings is 2. The number of sulfone groups is 1. The molecule has 198 valence electrons. The normalized spacial score (nSPS) is 18.3. The highest BCUT2D eigenvalue weighted by molar-refractivity contribution is 7.90. The molecule has 37 heavy (non-hydrogen) atoms. The van der Waals surface area contributed by atoms with Gasteiger partial charge in [0.1, 0.15) is 6.54 Å². The molecule has 1 aromatic heterocycles. The summed E-state index contributed by atoms with van der Waals surface area (Å²) in [6.45, 7) is 0.821. The lowest BCUT2D eigenvalue weighted by molar-refractivity contribution is -0.140. The SMILES string of the molecule is Cc1cc(S(C)(=O)=O)ccc1NCC#Cc1cc2c(NC3CCC(N)CC3)cccc2n1CC(F)(F)F. The van der Waals surface area contributed by atoms with Crippen molar-refractivity contribution < 1.29 is 21.6 Å². The number of hydrogen-bond acceptors (Lipinski definition) is 5. The molecule has 0 radical (unpaired) electrons. The Morgan fingerprint density at radius 3 is 2.46 bits per heavy atom. The predicted octanol–water partition coefficient (Wildman–Crippen LogP) is 5.06. The maximum atomic E-state index is 13.5. The third kappa shape index (κ3) is 6.79. The molecule has 1 saturated carbocycles. The molecule has 1 heterocycles. The van der Waals surface area contributed by atoms with Gasteiger partial charge in [-0.25, -0.2) is 8.42 Å². The molecule has 1 aliphatic rings. The molecule has 0 aliphatic heterocycles. The van der Waals surface area contributed by atoms with E-state index in [0.717, 1.165) is 43.2 Å². The third-order valence-corrected chi connectivity index (χ3v) is 7.73. The summed E-state index contributed by atoms with van der Waals surface area (Å²) in [4.78, 5) is 0.221. The largest absolute Gasteiger partial charge is 0.406 e. The predicted molar refractivity (Wildman–Crippen MR) is 142 cm³/mol. The van der Waals surface area contributed by atoms with E-state index < -0.39 is 22.6 Å². The minimum atomic E-state index is -4.40. The lowest BCUT2D eigenvalue weighted by atomic mass is 9.91. The zero-order chi connectivity index (χ0) is 26.8. The minimum Gasteiger partial charge on any atom is -0.382 e. The van der Waals surface area contributed by atoms with E-state index in [4.69, 9.17) is 5.73 Å². The van der Waals surface area contributed by atoms with E-state index in [1.165, 1.54) is 10.6 Å². The highest BCUT2D eigenvalue weighted by Gasteiger charge is 2.30. The third-order valence-electron chi connectivity index (χ3n) is 6.62. The Balaban J connectivity index is 1.58. The highest BCUT2D eigenvalue weighted by Crippen LogP contribution is 2.32. The van der Waals surface area contributed by atoms with Crippen LogP contribution >= 0.6 is 0 Å². The smallest absolute Gasteiger partial charge is 0.382 e. The summed E-state index contributed by atoms with van der Waals surface area (Å²) < 4.78 is 65.0. The fourth-order valence-corrected chi connectivity index (χ4v) is 5.39. The van der Waals surface area contributed by atoms with Crippen molar-refractivity contribution in [1.82, 2.24) is 4.57 Å². The molecule has 0 atom stereocenters. The second kappa shape index (κ2) is 10.7. The molecule has 10 heteroatoms. The van der Waals surface area contributed by atoms with Gasteiger partial charge in [0.05, 0.1) is 22.7 Å². The first-order valence-electron chi connectivity index (χ1n) is 12.2. The number of anilines is 2. The van der Waals surface area contributed by atoms with Crippen LogP contribution in [0, 0.1) is 18.8 Å². The van der Waals surface area contributed by atoms with Crippen LogP contribution in [0.15, 0.2) is 47.4 Å². The van der Waals surface area contributed by atoms with Gasteiger partial charge in [-0.3, -0.25) is 0 Å². The van der Waals surface area contributed by atoms with Gasteiger partial charge >= 0.3 is 6.18 Å². The minimum absolute atomic E-state index is 0.181. The molecule has 1 fully saturated rings.